The zero-order valence-electron chi connectivity index (χ0n) is 12.3. The summed E-state index contributed by atoms with van der Waals surface area (Å²) in [5, 5.41) is 17.7. The van der Waals surface area contributed by atoms with Crippen LogP contribution in [-0.4, -0.2) is 30.7 Å². The van der Waals surface area contributed by atoms with Crippen LogP contribution < -0.4 is 0 Å². The third-order valence-corrected chi connectivity index (χ3v) is 4.06. The lowest BCUT2D eigenvalue weighted by Gasteiger charge is -2.25. The minimum Gasteiger partial charge on any atom is -0.481 e. The maximum Gasteiger partial charge on any atom is 0.310 e. The molecule has 0 aliphatic heterocycles. The average molecular weight is 276 g/mol. The fraction of sp³-hybridized carbons (Fsp3) is 0.571. The Kier molecular flexibility index (Phi) is 3.74. The van der Waals surface area contributed by atoms with Gasteiger partial charge in [-0.15, -0.1) is 10.2 Å². The molecule has 6 nitrogen and oxygen atoms in total. The van der Waals surface area contributed by atoms with Crippen molar-refractivity contribution >= 4 is 11.7 Å². The van der Waals surface area contributed by atoms with Crippen molar-refractivity contribution in [3.05, 3.63) is 23.3 Å². The monoisotopic (exact) mass is 276 g/mol. The third-order valence-electron chi connectivity index (χ3n) is 4.06. The molecular weight excluding hydrogens is 256 g/mol. The number of hydrogen-bond donors (Lipinski definition) is 1. The van der Waals surface area contributed by atoms with Crippen molar-refractivity contribution in [2.24, 2.45) is 5.41 Å². The Morgan fingerprint density at radius 1 is 1.30 bits per heavy atom. The summed E-state index contributed by atoms with van der Waals surface area (Å²) in [6, 6.07) is 1.94. The van der Waals surface area contributed by atoms with E-state index in [-0.39, 0.29) is 0 Å². The smallest absolute Gasteiger partial charge is 0.310 e. The minimum atomic E-state index is -0.791. The number of aromatic nitrogens is 4. The molecule has 108 valence electrons. The van der Waals surface area contributed by atoms with Crippen molar-refractivity contribution in [3.63, 3.8) is 0 Å². The molecule has 0 radical (unpaired) electrons. The van der Waals surface area contributed by atoms with E-state index in [0.717, 1.165) is 11.4 Å². The summed E-state index contributed by atoms with van der Waals surface area (Å²) in [7, 11) is 0. The van der Waals surface area contributed by atoms with Gasteiger partial charge in [0.2, 0.25) is 0 Å². The predicted molar refractivity (Wildman–Crippen MR) is 74.6 cm³/mol. The third kappa shape index (κ3) is 2.26. The largest absolute Gasteiger partial charge is 0.481 e. The summed E-state index contributed by atoms with van der Waals surface area (Å²) in [6.45, 7) is 7.65. The topological polar surface area (TPSA) is 80.4 Å². The molecule has 20 heavy (non-hydrogen) atoms. The molecule has 2 heterocycles. The van der Waals surface area contributed by atoms with E-state index in [4.69, 9.17) is 0 Å². The first kappa shape index (κ1) is 14.4. The molecule has 1 N–H and O–H groups in total. The summed E-state index contributed by atoms with van der Waals surface area (Å²) in [4.78, 5) is 15.9. The first-order valence-electron chi connectivity index (χ1n) is 6.85. The first-order chi connectivity index (χ1) is 9.43. The summed E-state index contributed by atoms with van der Waals surface area (Å²) < 4.78 is 1.84. The fourth-order valence-electron chi connectivity index (χ4n) is 2.59. The van der Waals surface area contributed by atoms with Crippen LogP contribution in [0.5, 0.6) is 0 Å². The molecule has 0 aliphatic rings. The molecule has 2 aromatic heterocycles. The van der Waals surface area contributed by atoms with Crippen LogP contribution in [0.25, 0.3) is 5.78 Å². The Balaban J connectivity index is 2.51. The van der Waals surface area contributed by atoms with E-state index in [1.807, 2.05) is 38.2 Å². The molecule has 0 spiro atoms. The molecule has 0 amide bonds. The second-order valence-electron chi connectivity index (χ2n) is 5.26. The van der Waals surface area contributed by atoms with Gasteiger partial charge in [0.1, 0.15) is 5.82 Å². The zero-order chi connectivity index (χ0) is 14.9. The molecule has 0 unspecified atom stereocenters. The van der Waals surface area contributed by atoms with E-state index in [0.29, 0.717) is 30.9 Å². The van der Waals surface area contributed by atoms with E-state index in [1.165, 1.54) is 0 Å². The van der Waals surface area contributed by atoms with Crippen molar-refractivity contribution < 1.29 is 9.90 Å². The van der Waals surface area contributed by atoms with Crippen LogP contribution in [0.15, 0.2) is 6.07 Å². The maximum atomic E-state index is 11.6. The highest BCUT2D eigenvalue weighted by Crippen LogP contribution is 2.31. The lowest BCUT2D eigenvalue weighted by molar-refractivity contribution is -0.149. The van der Waals surface area contributed by atoms with Crippen molar-refractivity contribution in [1.82, 2.24) is 19.6 Å². The summed E-state index contributed by atoms with van der Waals surface area (Å²) in [5.41, 5.74) is 1.06. The molecule has 0 aliphatic carbocycles. The number of hydrogen-bond acceptors (Lipinski definition) is 4. The minimum absolute atomic E-state index is 0.363. The Bertz CT molecular complexity index is 644. The van der Waals surface area contributed by atoms with Crippen molar-refractivity contribution in [3.8, 4) is 0 Å². The summed E-state index contributed by atoms with van der Waals surface area (Å²) in [5.74, 6) is 0.414. The van der Waals surface area contributed by atoms with Gasteiger partial charge in [-0.25, -0.2) is 4.98 Å². The molecule has 0 saturated heterocycles. The molecule has 6 heteroatoms. The Labute approximate surface area is 117 Å². The van der Waals surface area contributed by atoms with Gasteiger partial charge in [0.25, 0.3) is 5.78 Å². The highest BCUT2D eigenvalue weighted by Gasteiger charge is 2.36. The van der Waals surface area contributed by atoms with Gasteiger partial charge in [0.05, 0.1) is 5.41 Å². The van der Waals surface area contributed by atoms with E-state index >= 15 is 0 Å². The van der Waals surface area contributed by atoms with Gasteiger partial charge in [-0.2, -0.15) is 0 Å². The molecule has 0 saturated carbocycles. The maximum absolute atomic E-state index is 11.6. The Hall–Kier alpha value is -1.98. The highest BCUT2D eigenvalue weighted by atomic mass is 16.4. The SMILES string of the molecule is CCC(CC)(Cc1nnc2nc(C)cc(C)n12)C(=O)O. The van der Waals surface area contributed by atoms with Gasteiger partial charge in [0.15, 0.2) is 0 Å². The van der Waals surface area contributed by atoms with Crippen molar-refractivity contribution in [2.75, 3.05) is 0 Å². The van der Waals surface area contributed by atoms with E-state index in [1.54, 1.807) is 0 Å². The fourth-order valence-corrected chi connectivity index (χ4v) is 2.59. The number of carboxylic acids is 1. The summed E-state index contributed by atoms with van der Waals surface area (Å²) >= 11 is 0. The summed E-state index contributed by atoms with van der Waals surface area (Å²) in [6.07, 6.45) is 1.49. The van der Waals surface area contributed by atoms with Crippen molar-refractivity contribution in [1.29, 1.82) is 0 Å². The van der Waals surface area contributed by atoms with Crippen LogP contribution in [0, 0.1) is 19.3 Å². The van der Waals surface area contributed by atoms with Crippen LogP contribution in [0.4, 0.5) is 0 Å². The number of rotatable bonds is 5. The first-order valence-corrected chi connectivity index (χ1v) is 6.85. The second kappa shape index (κ2) is 5.19. The van der Waals surface area contributed by atoms with Gasteiger partial charge < -0.3 is 5.11 Å². The molecule has 0 bridgehead atoms. The van der Waals surface area contributed by atoms with Gasteiger partial charge >= 0.3 is 5.97 Å². The Morgan fingerprint density at radius 2 is 1.95 bits per heavy atom. The standard InChI is InChI=1S/C14H20N4O2/c1-5-14(6-2,12(19)20)8-11-16-17-13-15-9(3)7-10(4)18(11)13/h7H,5-6,8H2,1-4H3,(H,19,20). The van der Waals surface area contributed by atoms with Gasteiger partial charge in [0, 0.05) is 17.8 Å². The van der Waals surface area contributed by atoms with Crippen LogP contribution in [-0.2, 0) is 11.2 Å². The number of carbonyl (C=O) groups is 1. The van der Waals surface area contributed by atoms with Crippen molar-refractivity contribution in [2.45, 2.75) is 47.0 Å². The van der Waals surface area contributed by atoms with Crippen LogP contribution in [0.1, 0.15) is 43.9 Å². The highest BCUT2D eigenvalue weighted by molar-refractivity contribution is 5.74. The molecule has 0 aromatic carbocycles. The lowest BCUT2D eigenvalue weighted by Crippen LogP contribution is -2.33. The van der Waals surface area contributed by atoms with E-state index in [9.17, 15) is 9.90 Å². The average Bonchev–Trinajstić information content (AvgIpc) is 2.78. The number of nitrogens with zero attached hydrogens (tertiary/aromatic N) is 4. The number of fused-ring (bicyclic) bond motifs is 1. The van der Waals surface area contributed by atoms with E-state index < -0.39 is 11.4 Å². The lowest BCUT2D eigenvalue weighted by atomic mass is 9.79. The molecule has 0 atom stereocenters. The van der Waals surface area contributed by atoms with Gasteiger partial charge in [-0.3, -0.25) is 9.20 Å². The molecule has 2 rings (SSSR count). The second-order valence-corrected chi connectivity index (χ2v) is 5.26. The number of aryl methyl sites for hydroxylation is 2. The van der Waals surface area contributed by atoms with Crippen LogP contribution in [0.3, 0.4) is 0 Å². The normalized spacial score (nSPS) is 12.0. The van der Waals surface area contributed by atoms with E-state index in [2.05, 4.69) is 15.2 Å². The molecule has 2 aromatic rings. The van der Waals surface area contributed by atoms with Crippen LogP contribution in [0.2, 0.25) is 0 Å². The molecular formula is C14H20N4O2. The Morgan fingerprint density at radius 3 is 2.50 bits per heavy atom. The molecule has 0 fully saturated rings. The van der Waals surface area contributed by atoms with Gasteiger partial charge in [-0.1, -0.05) is 13.8 Å². The zero-order valence-corrected chi connectivity index (χ0v) is 12.3. The van der Waals surface area contributed by atoms with Gasteiger partial charge in [-0.05, 0) is 32.8 Å². The number of aliphatic carboxylic acids is 1. The van der Waals surface area contributed by atoms with Crippen LogP contribution >= 0.6 is 0 Å². The quantitative estimate of drug-likeness (QED) is 0.905. The number of carboxylic acid groups (broad SMARTS) is 1. The predicted octanol–water partition coefficient (Wildman–Crippen LogP) is 2.17.